The molecule has 0 aromatic heterocycles. The quantitative estimate of drug-likeness (QED) is 0.590. The highest BCUT2D eigenvalue weighted by atomic mass is 16.4. The second-order valence-corrected chi connectivity index (χ2v) is 4.61. The number of hydrogen-bond donors (Lipinski definition) is 3. The largest absolute Gasteiger partial charge is 0.480 e. The number of carboxylic acids is 1. The third-order valence-corrected chi connectivity index (χ3v) is 3.37. The second kappa shape index (κ2) is 6.00. The molecule has 1 amide bonds. The summed E-state index contributed by atoms with van der Waals surface area (Å²) >= 11 is 0. The van der Waals surface area contributed by atoms with Crippen LogP contribution in [0, 0.1) is 0 Å². The van der Waals surface area contributed by atoms with Gasteiger partial charge >= 0.3 is 5.97 Å². The molecule has 0 aliphatic heterocycles. The van der Waals surface area contributed by atoms with E-state index in [2.05, 4.69) is 10.6 Å². The fraction of sp³-hybridized carbons (Fsp3) is 0.833. The molecule has 0 saturated heterocycles. The van der Waals surface area contributed by atoms with E-state index in [-0.39, 0.29) is 5.91 Å². The van der Waals surface area contributed by atoms with Crippen LogP contribution in [-0.4, -0.2) is 35.1 Å². The van der Waals surface area contributed by atoms with E-state index in [1.54, 1.807) is 0 Å². The molecule has 0 bridgehead atoms. The molecule has 1 fully saturated rings. The predicted octanol–water partition coefficient (Wildman–Crippen LogP) is 0.888. The molecule has 0 aromatic rings. The van der Waals surface area contributed by atoms with Gasteiger partial charge in [-0.2, -0.15) is 0 Å². The molecular formula is C12H22N2O3. The summed E-state index contributed by atoms with van der Waals surface area (Å²) in [5, 5.41) is 15.1. The van der Waals surface area contributed by atoms with Crippen LogP contribution in [0.2, 0.25) is 0 Å². The van der Waals surface area contributed by atoms with E-state index < -0.39 is 11.5 Å². The zero-order chi connectivity index (χ0) is 12.9. The molecule has 0 radical (unpaired) electrons. The van der Waals surface area contributed by atoms with Gasteiger partial charge in [0.1, 0.15) is 5.54 Å². The third-order valence-electron chi connectivity index (χ3n) is 3.37. The van der Waals surface area contributed by atoms with Gasteiger partial charge in [0.15, 0.2) is 0 Å². The molecule has 0 atom stereocenters. The number of aliphatic carboxylic acids is 1. The summed E-state index contributed by atoms with van der Waals surface area (Å²) in [5.74, 6) is -0.836. The zero-order valence-electron chi connectivity index (χ0n) is 10.6. The van der Waals surface area contributed by atoms with Crippen molar-refractivity contribution in [3.63, 3.8) is 0 Å². The Labute approximate surface area is 102 Å². The molecule has 1 saturated carbocycles. The van der Waals surface area contributed by atoms with Crippen LogP contribution in [0.1, 0.15) is 46.0 Å². The van der Waals surface area contributed by atoms with E-state index in [0.717, 1.165) is 12.8 Å². The van der Waals surface area contributed by atoms with Gasteiger partial charge in [0.2, 0.25) is 5.91 Å². The Bertz CT molecular complexity index is 283. The molecule has 0 spiro atoms. The topological polar surface area (TPSA) is 78.4 Å². The van der Waals surface area contributed by atoms with Crippen molar-refractivity contribution in [2.24, 2.45) is 0 Å². The second-order valence-electron chi connectivity index (χ2n) is 4.61. The van der Waals surface area contributed by atoms with Crippen LogP contribution >= 0.6 is 0 Å². The Balaban J connectivity index is 2.30. The van der Waals surface area contributed by atoms with E-state index in [9.17, 15) is 14.7 Å². The third kappa shape index (κ3) is 4.00. The van der Waals surface area contributed by atoms with Crippen molar-refractivity contribution in [1.82, 2.24) is 10.6 Å². The maximum absolute atomic E-state index is 11.4. The van der Waals surface area contributed by atoms with Crippen LogP contribution in [0.15, 0.2) is 0 Å². The van der Waals surface area contributed by atoms with Gasteiger partial charge in [0, 0.05) is 19.0 Å². The molecule has 5 heteroatoms. The van der Waals surface area contributed by atoms with Crippen molar-refractivity contribution >= 4 is 11.9 Å². The molecule has 0 heterocycles. The lowest BCUT2D eigenvalue weighted by Gasteiger charge is -2.28. The average molecular weight is 242 g/mol. The highest BCUT2D eigenvalue weighted by molar-refractivity contribution is 5.79. The highest BCUT2D eigenvalue weighted by Gasteiger charge is 2.34. The lowest BCUT2D eigenvalue weighted by atomic mass is 9.93. The summed E-state index contributed by atoms with van der Waals surface area (Å²) in [6.07, 6.45) is 3.52. The molecule has 3 N–H and O–H groups in total. The summed E-state index contributed by atoms with van der Waals surface area (Å²) < 4.78 is 0. The van der Waals surface area contributed by atoms with E-state index in [0.29, 0.717) is 31.8 Å². The minimum Gasteiger partial charge on any atom is -0.480 e. The first-order valence-electron chi connectivity index (χ1n) is 6.32. The van der Waals surface area contributed by atoms with E-state index in [1.165, 1.54) is 0 Å². The summed E-state index contributed by atoms with van der Waals surface area (Å²) in [6, 6.07) is 0.365. The lowest BCUT2D eigenvalue weighted by Crippen LogP contribution is -2.52. The normalized spacial score (nSPS) is 15.6. The van der Waals surface area contributed by atoms with Gasteiger partial charge < -0.3 is 15.7 Å². The first-order chi connectivity index (χ1) is 8.04. The Morgan fingerprint density at radius 2 is 1.88 bits per heavy atom. The van der Waals surface area contributed by atoms with E-state index in [1.807, 2.05) is 13.8 Å². The van der Waals surface area contributed by atoms with Crippen LogP contribution in [0.3, 0.4) is 0 Å². The van der Waals surface area contributed by atoms with Gasteiger partial charge in [-0.15, -0.1) is 0 Å². The molecule has 17 heavy (non-hydrogen) atoms. The van der Waals surface area contributed by atoms with Crippen molar-refractivity contribution < 1.29 is 14.7 Å². The molecule has 0 aromatic carbocycles. The molecule has 1 aliphatic carbocycles. The van der Waals surface area contributed by atoms with E-state index in [4.69, 9.17) is 0 Å². The molecule has 98 valence electrons. The van der Waals surface area contributed by atoms with Crippen molar-refractivity contribution in [1.29, 1.82) is 0 Å². The summed E-state index contributed by atoms with van der Waals surface area (Å²) in [5.41, 5.74) is -0.889. The Hall–Kier alpha value is -1.10. The van der Waals surface area contributed by atoms with Crippen LogP contribution in [0.25, 0.3) is 0 Å². The minimum absolute atomic E-state index is 0.00601. The van der Waals surface area contributed by atoms with Crippen LogP contribution in [0.4, 0.5) is 0 Å². The highest BCUT2D eigenvalue weighted by Crippen LogP contribution is 2.18. The van der Waals surface area contributed by atoms with Crippen LogP contribution in [0.5, 0.6) is 0 Å². The summed E-state index contributed by atoms with van der Waals surface area (Å²) in [7, 11) is 0. The first-order valence-corrected chi connectivity index (χ1v) is 6.32. The van der Waals surface area contributed by atoms with Crippen molar-refractivity contribution in [3.8, 4) is 0 Å². The molecule has 5 nitrogen and oxygen atoms in total. The minimum atomic E-state index is -0.889. The van der Waals surface area contributed by atoms with Gasteiger partial charge in [-0.25, -0.2) is 0 Å². The lowest BCUT2D eigenvalue weighted by molar-refractivity contribution is -0.145. The summed E-state index contributed by atoms with van der Waals surface area (Å²) in [6.45, 7) is 4.09. The number of rotatable bonds is 8. The number of carbonyl (C=O) groups is 2. The van der Waals surface area contributed by atoms with Crippen molar-refractivity contribution in [3.05, 3.63) is 0 Å². The predicted molar refractivity (Wildman–Crippen MR) is 64.7 cm³/mol. The van der Waals surface area contributed by atoms with Gasteiger partial charge in [0.05, 0.1) is 0 Å². The molecular weight excluding hydrogens is 220 g/mol. The van der Waals surface area contributed by atoms with Gasteiger partial charge in [-0.3, -0.25) is 9.59 Å². The number of carboxylic acid groups (broad SMARTS) is 1. The average Bonchev–Trinajstić information content (AvgIpc) is 3.08. The van der Waals surface area contributed by atoms with Crippen LogP contribution in [-0.2, 0) is 9.59 Å². The van der Waals surface area contributed by atoms with Crippen molar-refractivity contribution in [2.75, 3.05) is 6.54 Å². The molecule has 1 aliphatic rings. The van der Waals surface area contributed by atoms with E-state index >= 15 is 0 Å². The summed E-state index contributed by atoms with van der Waals surface area (Å²) in [4.78, 5) is 22.6. The molecule has 1 rings (SSSR count). The van der Waals surface area contributed by atoms with Crippen LogP contribution < -0.4 is 10.6 Å². The Morgan fingerprint density at radius 3 is 2.29 bits per heavy atom. The maximum Gasteiger partial charge on any atom is 0.323 e. The Morgan fingerprint density at radius 1 is 1.29 bits per heavy atom. The van der Waals surface area contributed by atoms with Crippen molar-refractivity contribution in [2.45, 2.75) is 57.5 Å². The fourth-order valence-corrected chi connectivity index (χ4v) is 1.82. The monoisotopic (exact) mass is 242 g/mol. The number of nitrogens with one attached hydrogen (secondary N) is 2. The fourth-order valence-electron chi connectivity index (χ4n) is 1.82. The Kier molecular flexibility index (Phi) is 4.93. The maximum atomic E-state index is 11.4. The number of hydrogen-bond acceptors (Lipinski definition) is 3. The first kappa shape index (κ1) is 14.0. The SMILES string of the molecule is CCC(CC)(NCCC(=O)NC1CC1)C(=O)O. The standard InChI is InChI=1S/C12H22N2O3/c1-3-12(4-2,11(16)17)13-8-7-10(15)14-9-5-6-9/h9,13H,3-8H2,1-2H3,(H,14,15)(H,16,17). The van der Waals surface area contributed by atoms with Gasteiger partial charge in [-0.1, -0.05) is 13.8 Å². The molecule has 0 unspecified atom stereocenters. The zero-order valence-corrected chi connectivity index (χ0v) is 10.6. The number of carbonyl (C=O) groups excluding carboxylic acids is 1. The van der Waals surface area contributed by atoms with Gasteiger partial charge in [-0.05, 0) is 25.7 Å². The number of amides is 1. The smallest absolute Gasteiger partial charge is 0.323 e. The van der Waals surface area contributed by atoms with Gasteiger partial charge in [0.25, 0.3) is 0 Å².